The van der Waals surface area contributed by atoms with E-state index in [9.17, 15) is 0 Å². The molecule has 0 aliphatic heterocycles. The molecule has 0 bridgehead atoms. The molecule has 0 unspecified atom stereocenters. The first-order chi connectivity index (χ1) is 4.88. The minimum Gasteiger partial charge on any atom is -0.0991 e. The van der Waals surface area contributed by atoms with E-state index in [2.05, 4.69) is 25.7 Å². The second-order valence-electron chi connectivity index (χ2n) is 2.66. The predicted octanol–water partition coefficient (Wildman–Crippen LogP) is 3.08. The van der Waals surface area contributed by atoms with Crippen molar-refractivity contribution in [3.63, 3.8) is 0 Å². The van der Waals surface area contributed by atoms with E-state index in [1.165, 1.54) is 18.4 Å². The van der Waals surface area contributed by atoms with Crippen LogP contribution in [0.25, 0.3) is 0 Å². The number of hydrogen-bond donors (Lipinski definition) is 0. The van der Waals surface area contributed by atoms with E-state index >= 15 is 0 Å². The van der Waals surface area contributed by atoms with E-state index in [1.807, 2.05) is 12.2 Å². The second-order valence-corrected chi connectivity index (χ2v) is 2.66. The third kappa shape index (κ3) is 1.87. The molecule has 0 radical (unpaired) electrons. The Hall–Kier alpha value is -0.780. The monoisotopic (exact) mass is 134 g/mol. The first-order valence-corrected chi connectivity index (χ1v) is 3.83. The lowest BCUT2D eigenvalue weighted by Crippen LogP contribution is -1.77. The van der Waals surface area contributed by atoms with Gasteiger partial charge in [0.2, 0.25) is 0 Å². The van der Waals surface area contributed by atoms with Gasteiger partial charge in [-0.25, -0.2) is 0 Å². The highest BCUT2D eigenvalue weighted by Crippen LogP contribution is 2.36. The van der Waals surface area contributed by atoms with Crippen molar-refractivity contribution in [1.29, 1.82) is 0 Å². The van der Waals surface area contributed by atoms with Gasteiger partial charge in [0.1, 0.15) is 0 Å². The maximum atomic E-state index is 3.63. The highest BCUT2D eigenvalue weighted by atomic mass is 14.3. The van der Waals surface area contributed by atoms with Crippen LogP contribution in [0.3, 0.4) is 0 Å². The van der Waals surface area contributed by atoms with E-state index in [0.717, 1.165) is 5.92 Å². The van der Waals surface area contributed by atoms with Gasteiger partial charge in [-0.05, 0) is 31.3 Å². The van der Waals surface area contributed by atoms with Crippen LogP contribution in [0.1, 0.15) is 19.8 Å². The van der Waals surface area contributed by atoms with Gasteiger partial charge in [0.15, 0.2) is 0 Å². The standard InChI is InChI=1S/C10H14/c1-3-5-6-9(4-2)10-7-8-10/h3-6,10H,1,7-8H2,2H3/b6-5-,9-4+. The maximum Gasteiger partial charge on any atom is -0.0165 e. The van der Waals surface area contributed by atoms with Gasteiger partial charge in [0.05, 0.1) is 0 Å². The van der Waals surface area contributed by atoms with Gasteiger partial charge in [0, 0.05) is 0 Å². The number of rotatable bonds is 3. The van der Waals surface area contributed by atoms with E-state index in [-0.39, 0.29) is 0 Å². The molecule has 0 N–H and O–H groups in total. The minimum atomic E-state index is 0.862. The van der Waals surface area contributed by atoms with Gasteiger partial charge in [-0.1, -0.05) is 30.9 Å². The van der Waals surface area contributed by atoms with Gasteiger partial charge < -0.3 is 0 Å². The molecule has 1 aliphatic rings. The first-order valence-electron chi connectivity index (χ1n) is 3.83. The molecule has 0 heteroatoms. The van der Waals surface area contributed by atoms with Crippen LogP contribution in [0.2, 0.25) is 0 Å². The molecular formula is C10H14. The summed E-state index contributed by atoms with van der Waals surface area (Å²) in [7, 11) is 0. The van der Waals surface area contributed by atoms with E-state index in [1.54, 1.807) is 0 Å². The second kappa shape index (κ2) is 3.40. The predicted molar refractivity (Wildman–Crippen MR) is 45.8 cm³/mol. The molecule has 0 aromatic rings. The number of allylic oxidation sites excluding steroid dienone is 5. The lowest BCUT2D eigenvalue weighted by molar-refractivity contribution is 1.05. The first kappa shape index (κ1) is 7.33. The third-order valence-electron chi connectivity index (χ3n) is 1.81. The lowest BCUT2D eigenvalue weighted by Gasteiger charge is -1.93. The molecule has 0 nitrogen and oxygen atoms in total. The zero-order valence-electron chi connectivity index (χ0n) is 6.51. The summed E-state index contributed by atoms with van der Waals surface area (Å²) in [6, 6.07) is 0. The summed E-state index contributed by atoms with van der Waals surface area (Å²) in [4.78, 5) is 0. The van der Waals surface area contributed by atoms with E-state index < -0.39 is 0 Å². The molecule has 0 spiro atoms. The quantitative estimate of drug-likeness (QED) is 0.520. The van der Waals surface area contributed by atoms with Crippen molar-refractivity contribution in [3.8, 4) is 0 Å². The molecule has 0 heterocycles. The van der Waals surface area contributed by atoms with Gasteiger partial charge in [-0.3, -0.25) is 0 Å². The van der Waals surface area contributed by atoms with Crippen molar-refractivity contribution in [2.75, 3.05) is 0 Å². The van der Waals surface area contributed by atoms with Crippen LogP contribution < -0.4 is 0 Å². The maximum absolute atomic E-state index is 3.63. The normalized spacial score (nSPS) is 19.9. The molecule has 1 rings (SSSR count). The smallest absolute Gasteiger partial charge is 0.0165 e. The van der Waals surface area contributed by atoms with Crippen LogP contribution in [0.5, 0.6) is 0 Å². The Labute approximate surface area is 62.9 Å². The van der Waals surface area contributed by atoms with Crippen molar-refractivity contribution in [3.05, 3.63) is 36.5 Å². The van der Waals surface area contributed by atoms with Crippen molar-refractivity contribution >= 4 is 0 Å². The molecule has 10 heavy (non-hydrogen) atoms. The molecular weight excluding hydrogens is 120 g/mol. The summed E-state index contributed by atoms with van der Waals surface area (Å²) in [5, 5.41) is 0. The van der Waals surface area contributed by atoms with Gasteiger partial charge in [-0.2, -0.15) is 0 Å². The van der Waals surface area contributed by atoms with Crippen LogP contribution >= 0.6 is 0 Å². The third-order valence-corrected chi connectivity index (χ3v) is 1.81. The molecule has 0 atom stereocenters. The van der Waals surface area contributed by atoms with Crippen LogP contribution in [0, 0.1) is 5.92 Å². The zero-order valence-corrected chi connectivity index (χ0v) is 6.51. The minimum absolute atomic E-state index is 0.862. The highest BCUT2D eigenvalue weighted by Gasteiger charge is 2.23. The fourth-order valence-electron chi connectivity index (χ4n) is 1.06. The molecule has 1 fully saturated rings. The molecule has 0 amide bonds. The van der Waals surface area contributed by atoms with Crippen LogP contribution in [0.15, 0.2) is 36.5 Å². The van der Waals surface area contributed by atoms with Gasteiger partial charge in [0.25, 0.3) is 0 Å². The fraction of sp³-hybridized carbons (Fsp3) is 0.400. The summed E-state index contributed by atoms with van der Waals surface area (Å²) in [6.45, 7) is 5.73. The molecule has 0 aromatic heterocycles. The summed E-state index contributed by atoms with van der Waals surface area (Å²) in [5.41, 5.74) is 1.47. The summed E-state index contributed by atoms with van der Waals surface area (Å²) < 4.78 is 0. The van der Waals surface area contributed by atoms with Crippen molar-refractivity contribution in [1.82, 2.24) is 0 Å². The van der Waals surface area contributed by atoms with Crippen molar-refractivity contribution < 1.29 is 0 Å². The Morgan fingerprint density at radius 3 is 2.60 bits per heavy atom. The largest absolute Gasteiger partial charge is 0.0991 e. The molecule has 1 aliphatic carbocycles. The average molecular weight is 134 g/mol. The topological polar surface area (TPSA) is 0 Å². The van der Waals surface area contributed by atoms with Crippen LogP contribution in [-0.2, 0) is 0 Å². The SMILES string of the molecule is C=C/C=C\C(=C/C)C1CC1. The number of hydrogen-bond acceptors (Lipinski definition) is 0. The average Bonchev–Trinajstić information content (AvgIpc) is 2.73. The van der Waals surface area contributed by atoms with Crippen molar-refractivity contribution in [2.45, 2.75) is 19.8 Å². The Morgan fingerprint density at radius 2 is 2.20 bits per heavy atom. The van der Waals surface area contributed by atoms with E-state index in [4.69, 9.17) is 0 Å². The molecule has 0 saturated heterocycles. The summed E-state index contributed by atoms with van der Waals surface area (Å²) in [6.07, 6.45) is 10.9. The fourth-order valence-corrected chi connectivity index (χ4v) is 1.06. The van der Waals surface area contributed by atoms with Crippen molar-refractivity contribution in [2.24, 2.45) is 5.92 Å². The van der Waals surface area contributed by atoms with Crippen LogP contribution in [-0.4, -0.2) is 0 Å². The van der Waals surface area contributed by atoms with E-state index in [0.29, 0.717) is 0 Å². The van der Waals surface area contributed by atoms with Gasteiger partial charge in [-0.15, -0.1) is 0 Å². The molecule has 1 saturated carbocycles. The zero-order chi connectivity index (χ0) is 7.40. The molecule has 0 aromatic carbocycles. The van der Waals surface area contributed by atoms with Gasteiger partial charge >= 0.3 is 0 Å². The van der Waals surface area contributed by atoms with Crippen LogP contribution in [0.4, 0.5) is 0 Å². The summed E-state index contributed by atoms with van der Waals surface area (Å²) in [5.74, 6) is 0.862. The molecule has 54 valence electrons. The Balaban J connectivity index is 2.48. The highest BCUT2D eigenvalue weighted by molar-refractivity contribution is 5.26. The Morgan fingerprint density at radius 1 is 1.50 bits per heavy atom. The Bertz CT molecular complexity index is 168. The lowest BCUT2D eigenvalue weighted by atomic mass is 10.1. The Kier molecular flexibility index (Phi) is 2.49. The summed E-state index contributed by atoms with van der Waals surface area (Å²) >= 11 is 0.